The summed E-state index contributed by atoms with van der Waals surface area (Å²) in [5.74, 6) is -0.0444. The van der Waals surface area contributed by atoms with Gasteiger partial charge in [0.1, 0.15) is 12.7 Å². The van der Waals surface area contributed by atoms with Crippen molar-refractivity contribution in [2.24, 2.45) is 0 Å². The summed E-state index contributed by atoms with van der Waals surface area (Å²) in [6.07, 6.45) is -1.84. The van der Waals surface area contributed by atoms with Crippen LogP contribution in [0.5, 0.6) is 0 Å². The van der Waals surface area contributed by atoms with Gasteiger partial charge in [0.25, 0.3) is 0 Å². The third-order valence-electron chi connectivity index (χ3n) is 4.25. The number of ether oxygens (including phenoxy) is 4. The van der Waals surface area contributed by atoms with Crippen molar-refractivity contribution in [3.63, 3.8) is 0 Å². The van der Waals surface area contributed by atoms with Crippen molar-refractivity contribution in [3.05, 3.63) is 22.7 Å². The molecular formula is C14H16N4O8. The van der Waals surface area contributed by atoms with Crippen LogP contribution in [0.2, 0.25) is 0 Å². The minimum absolute atomic E-state index is 0.0444. The molecule has 2 aliphatic heterocycles. The van der Waals surface area contributed by atoms with Crippen LogP contribution in [0, 0.1) is 0 Å². The van der Waals surface area contributed by atoms with Crippen LogP contribution in [0.4, 0.5) is 15.4 Å². The molecule has 1 aliphatic carbocycles. The number of rotatable bonds is 5. The average molecular weight is 368 g/mol. The predicted molar refractivity (Wildman–Crippen MR) is 80.5 cm³/mol. The van der Waals surface area contributed by atoms with Crippen molar-refractivity contribution in [3.8, 4) is 0 Å². The second kappa shape index (κ2) is 6.46. The third kappa shape index (κ3) is 3.15. The second-order valence-electron chi connectivity index (χ2n) is 6.11. The van der Waals surface area contributed by atoms with Crippen molar-refractivity contribution >= 4 is 18.1 Å². The van der Waals surface area contributed by atoms with Crippen molar-refractivity contribution in [1.82, 2.24) is 14.9 Å². The molecule has 0 spiro atoms. The molecule has 4 atom stereocenters. The lowest BCUT2D eigenvalue weighted by Gasteiger charge is -2.18. The first-order valence-corrected chi connectivity index (χ1v) is 8.00. The van der Waals surface area contributed by atoms with Crippen LogP contribution in [0.1, 0.15) is 19.1 Å². The summed E-state index contributed by atoms with van der Waals surface area (Å²) in [5, 5.41) is 11.5. The average Bonchev–Trinajstić information content (AvgIpc) is 3.25. The molecule has 1 saturated carbocycles. The van der Waals surface area contributed by atoms with E-state index in [-0.39, 0.29) is 18.5 Å². The van der Waals surface area contributed by atoms with Crippen molar-refractivity contribution in [1.29, 1.82) is 0 Å². The number of alkyl carbamates (subject to hydrolysis) is 1. The fraction of sp³-hybridized carbons (Fsp3) is 0.571. The number of amides is 1. The number of anilines is 1. The minimum Gasteiger partial charge on any atom is -0.447 e. The lowest BCUT2D eigenvalue weighted by atomic mass is 10.1. The fourth-order valence-electron chi connectivity index (χ4n) is 2.85. The first-order valence-electron chi connectivity index (χ1n) is 8.00. The molecule has 26 heavy (non-hydrogen) atoms. The molecule has 2 saturated heterocycles. The summed E-state index contributed by atoms with van der Waals surface area (Å²) in [6, 6.07) is 1.48. The van der Waals surface area contributed by atoms with E-state index < -0.39 is 42.5 Å². The van der Waals surface area contributed by atoms with Crippen molar-refractivity contribution < 1.29 is 33.7 Å². The zero-order chi connectivity index (χ0) is 18.3. The van der Waals surface area contributed by atoms with E-state index in [1.165, 1.54) is 12.3 Å². The van der Waals surface area contributed by atoms with Gasteiger partial charge in [-0.15, -0.1) is 0 Å². The highest BCUT2D eigenvalue weighted by molar-refractivity contribution is 5.68. The number of hydrogen-bond acceptors (Lipinski definition) is 10. The molecule has 0 unspecified atom stereocenters. The number of aromatic nitrogens is 2. The first kappa shape index (κ1) is 16.6. The molecule has 1 amide bonds. The molecule has 0 radical (unpaired) electrons. The molecule has 140 valence electrons. The maximum absolute atomic E-state index is 12.1. The number of hydrogen-bond donors (Lipinski definition) is 3. The molecule has 3 heterocycles. The Hall–Kier alpha value is -2.86. The Kier molecular flexibility index (Phi) is 4.12. The SMILES string of the molecule is O=C(NC1CC1)OC[C@H]1O[C@@H](n2ccc(NO)nc2=O)[C@@H]2OC(=O)O[C@@H]21. The number of carbonyl (C=O) groups excluding carboxylic acids is 2. The molecule has 0 aromatic carbocycles. The Morgan fingerprint density at radius 2 is 2.12 bits per heavy atom. The van der Waals surface area contributed by atoms with Gasteiger partial charge in [0.05, 0.1) is 0 Å². The zero-order valence-corrected chi connectivity index (χ0v) is 13.4. The van der Waals surface area contributed by atoms with E-state index in [9.17, 15) is 14.4 Å². The summed E-state index contributed by atoms with van der Waals surface area (Å²) >= 11 is 0. The summed E-state index contributed by atoms with van der Waals surface area (Å²) < 4.78 is 22.1. The van der Waals surface area contributed by atoms with Gasteiger partial charge in [0.2, 0.25) is 0 Å². The second-order valence-corrected chi connectivity index (χ2v) is 6.11. The van der Waals surface area contributed by atoms with Crippen LogP contribution in [0.25, 0.3) is 0 Å². The quantitative estimate of drug-likeness (QED) is 0.468. The summed E-state index contributed by atoms with van der Waals surface area (Å²) in [4.78, 5) is 38.8. The number of carbonyl (C=O) groups is 2. The van der Waals surface area contributed by atoms with Crippen molar-refractivity contribution in [2.75, 3.05) is 12.1 Å². The molecule has 0 bridgehead atoms. The summed E-state index contributed by atoms with van der Waals surface area (Å²) in [6.45, 7) is -0.175. The highest BCUT2D eigenvalue weighted by atomic mass is 16.8. The summed E-state index contributed by atoms with van der Waals surface area (Å²) in [5.41, 5.74) is 1.03. The van der Waals surface area contributed by atoms with Gasteiger partial charge in [0, 0.05) is 12.2 Å². The van der Waals surface area contributed by atoms with Crippen LogP contribution in [-0.4, -0.2) is 58.0 Å². The van der Waals surface area contributed by atoms with Gasteiger partial charge >= 0.3 is 17.9 Å². The van der Waals surface area contributed by atoms with Crippen LogP contribution in [0.3, 0.4) is 0 Å². The van der Waals surface area contributed by atoms with Crippen molar-refractivity contribution in [2.45, 2.75) is 43.4 Å². The minimum atomic E-state index is -1.00. The third-order valence-corrected chi connectivity index (χ3v) is 4.25. The largest absolute Gasteiger partial charge is 0.509 e. The van der Waals surface area contributed by atoms with Crippen LogP contribution in [-0.2, 0) is 18.9 Å². The lowest BCUT2D eigenvalue weighted by molar-refractivity contribution is -0.0749. The molecule has 3 fully saturated rings. The molecule has 1 aromatic rings. The van der Waals surface area contributed by atoms with E-state index in [0.717, 1.165) is 17.4 Å². The van der Waals surface area contributed by atoms with Gasteiger partial charge in [-0.2, -0.15) is 4.98 Å². The van der Waals surface area contributed by atoms with E-state index in [4.69, 9.17) is 24.2 Å². The summed E-state index contributed by atoms with van der Waals surface area (Å²) in [7, 11) is 0. The molecule has 3 N–H and O–H groups in total. The Labute approximate surface area is 145 Å². The predicted octanol–water partition coefficient (Wildman–Crippen LogP) is -0.266. The lowest BCUT2D eigenvalue weighted by Crippen LogP contribution is -2.35. The van der Waals surface area contributed by atoms with E-state index in [1.54, 1.807) is 5.48 Å². The van der Waals surface area contributed by atoms with E-state index >= 15 is 0 Å². The van der Waals surface area contributed by atoms with E-state index in [1.807, 2.05) is 0 Å². The Morgan fingerprint density at radius 1 is 1.35 bits per heavy atom. The smallest absolute Gasteiger partial charge is 0.447 e. The number of fused-ring (bicyclic) bond motifs is 1. The first-order chi connectivity index (χ1) is 12.5. The molecular weight excluding hydrogens is 352 g/mol. The van der Waals surface area contributed by atoms with Gasteiger partial charge in [-0.25, -0.2) is 14.4 Å². The van der Waals surface area contributed by atoms with Gasteiger partial charge in [-0.1, -0.05) is 0 Å². The van der Waals surface area contributed by atoms with Gasteiger partial charge < -0.3 is 24.3 Å². The molecule has 1 aromatic heterocycles. The fourth-order valence-corrected chi connectivity index (χ4v) is 2.85. The maximum atomic E-state index is 12.1. The van der Waals surface area contributed by atoms with Crippen LogP contribution >= 0.6 is 0 Å². The highest BCUT2D eigenvalue weighted by Gasteiger charge is 2.55. The molecule has 12 nitrogen and oxygen atoms in total. The van der Waals surface area contributed by atoms with Gasteiger partial charge in [0.15, 0.2) is 24.3 Å². The number of nitrogens with zero attached hydrogens (tertiary/aromatic N) is 2. The normalized spacial score (nSPS) is 29.5. The molecule has 3 aliphatic rings. The van der Waals surface area contributed by atoms with E-state index in [0.29, 0.717) is 0 Å². The standard InChI is InChI=1S/C14H16N4O8/c19-12-16-8(17-22)3-4-18(12)11-10-9(25-14(21)26-10)7(24-11)5-23-13(20)15-6-1-2-6/h3-4,6-7,9-11,22H,1-2,5H2,(H,15,20)(H,16,17,19)/t7-,9-,10-,11-/m1/s1. The van der Waals surface area contributed by atoms with Gasteiger partial charge in [-0.3, -0.25) is 15.3 Å². The highest BCUT2D eigenvalue weighted by Crippen LogP contribution is 2.37. The molecule has 4 rings (SSSR count). The van der Waals surface area contributed by atoms with E-state index in [2.05, 4.69) is 10.3 Å². The molecule has 12 heteroatoms. The van der Waals surface area contributed by atoms with Gasteiger partial charge in [-0.05, 0) is 18.9 Å². The topological polar surface area (TPSA) is 150 Å². The monoisotopic (exact) mass is 368 g/mol. The zero-order valence-electron chi connectivity index (χ0n) is 13.4. The van der Waals surface area contributed by atoms with Crippen LogP contribution < -0.4 is 16.5 Å². The Morgan fingerprint density at radius 3 is 2.81 bits per heavy atom. The Bertz CT molecular complexity index is 778. The Balaban J connectivity index is 1.48. The van der Waals surface area contributed by atoms with Crippen LogP contribution in [0.15, 0.2) is 17.1 Å². The maximum Gasteiger partial charge on any atom is 0.509 e. The number of nitrogens with one attached hydrogen (secondary N) is 2.